The maximum absolute atomic E-state index is 6.35. The van der Waals surface area contributed by atoms with E-state index in [-0.39, 0.29) is 17.2 Å². The van der Waals surface area contributed by atoms with Gasteiger partial charge < -0.3 is 15.2 Å². The second-order valence-electron chi connectivity index (χ2n) is 9.50. The molecule has 0 bridgehead atoms. The lowest BCUT2D eigenvalue weighted by molar-refractivity contribution is -0.0582. The van der Waals surface area contributed by atoms with Crippen LogP contribution in [0.3, 0.4) is 0 Å². The van der Waals surface area contributed by atoms with Crippen molar-refractivity contribution in [3.63, 3.8) is 0 Å². The number of unbranched alkanes of at least 4 members (excludes halogenated alkanes) is 7. The van der Waals surface area contributed by atoms with Crippen LogP contribution in [0, 0.1) is 5.92 Å². The van der Waals surface area contributed by atoms with Crippen LogP contribution in [-0.2, 0) is 9.47 Å². The zero-order valence-electron chi connectivity index (χ0n) is 18.4. The molecule has 0 saturated carbocycles. The Kier molecular flexibility index (Phi) is 11.4. The second-order valence-corrected chi connectivity index (χ2v) is 9.50. The molecule has 0 spiro atoms. The van der Waals surface area contributed by atoms with Crippen molar-refractivity contribution in [2.45, 2.75) is 129 Å². The van der Waals surface area contributed by atoms with Crippen molar-refractivity contribution in [1.82, 2.24) is 0 Å². The summed E-state index contributed by atoms with van der Waals surface area (Å²) in [5, 5.41) is 0. The average molecular weight is 370 g/mol. The highest BCUT2D eigenvalue weighted by Gasteiger charge is 2.41. The summed E-state index contributed by atoms with van der Waals surface area (Å²) in [6, 6.07) is 0. The highest BCUT2D eigenvalue weighted by molar-refractivity contribution is 4.95. The Bertz CT molecular complexity index is 350. The van der Waals surface area contributed by atoms with Crippen molar-refractivity contribution in [3.05, 3.63) is 0 Å². The predicted octanol–water partition coefficient (Wildman–Crippen LogP) is 6.24. The first-order valence-corrected chi connectivity index (χ1v) is 11.3. The normalized spacial score (nSPS) is 20.8. The largest absolute Gasteiger partial charge is 0.374 e. The molecule has 3 unspecified atom stereocenters. The summed E-state index contributed by atoms with van der Waals surface area (Å²) in [6.45, 7) is 12.5. The molecule has 1 heterocycles. The van der Waals surface area contributed by atoms with Crippen molar-refractivity contribution >= 4 is 0 Å². The maximum Gasteiger partial charge on any atom is 0.101 e. The molecule has 0 aromatic carbocycles. The van der Waals surface area contributed by atoms with E-state index in [1.165, 1.54) is 70.6 Å². The zero-order valence-corrected chi connectivity index (χ0v) is 18.4. The van der Waals surface area contributed by atoms with Gasteiger partial charge in [0, 0.05) is 0 Å². The Morgan fingerprint density at radius 2 is 1.42 bits per heavy atom. The first-order chi connectivity index (χ1) is 12.3. The highest BCUT2D eigenvalue weighted by Crippen LogP contribution is 2.31. The van der Waals surface area contributed by atoms with Gasteiger partial charge >= 0.3 is 0 Å². The number of hydrogen-bond acceptors (Lipinski definition) is 3. The van der Waals surface area contributed by atoms with Gasteiger partial charge in [0.25, 0.3) is 0 Å². The predicted molar refractivity (Wildman–Crippen MR) is 113 cm³/mol. The van der Waals surface area contributed by atoms with Crippen LogP contribution in [0.4, 0.5) is 0 Å². The summed E-state index contributed by atoms with van der Waals surface area (Å²) < 4.78 is 11.7. The summed E-state index contributed by atoms with van der Waals surface area (Å²) in [5.41, 5.74) is 5.89. The van der Waals surface area contributed by atoms with Crippen molar-refractivity contribution < 1.29 is 9.47 Å². The van der Waals surface area contributed by atoms with E-state index in [1.807, 2.05) is 0 Å². The molecule has 0 aromatic heterocycles. The molecule has 0 aromatic rings. The standard InChI is InChI=1S/C23H47NO2/c1-6-8-10-12-14-16-20(15-13-11-9-7-2)17-22(3,4)26-19-23(5,24)21-18-25-21/h20-21H,6-19,24H2,1-5H3. The van der Waals surface area contributed by atoms with Crippen LogP contribution >= 0.6 is 0 Å². The molecule has 3 atom stereocenters. The van der Waals surface area contributed by atoms with E-state index in [2.05, 4.69) is 34.6 Å². The van der Waals surface area contributed by atoms with Gasteiger partial charge in [0.1, 0.15) is 6.10 Å². The molecule has 1 fully saturated rings. The number of epoxide rings is 1. The molecule has 26 heavy (non-hydrogen) atoms. The van der Waals surface area contributed by atoms with Gasteiger partial charge in [0.15, 0.2) is 0 Å². The van der Waals surface area contributed by atoms with Crippen molar-refractivity contribution in [3.8, 4) is 0 Å². The second kappa shape index (κ2) is 12.4. The summed E-state index contributed by atoms with van der Waals surface area (Å²) in [7, 11) is 0. The lowest BCUT2D eigenvalue weighted by Crippen LogP contribution is -2.49. The molecule has 0 amide bonds. The van der Waals surface area contributed by atoms with Gasteiger partial charge in [-0.1, -0.05) is 84.5 Å². The van der Waals surface area contributed by atoms with Crippen LogP contribution in [-0.4, -0.2) is 30.5 Å². The summed E-state index contributed by atoms with van der Waals surface area (Å²) in [5.74, 6) is 0.782. The smallest absolute Gasteiger partial charge is 0.101 e. The lowest BCUT2D eigenvalue weighted by atomic mass is 9.85. The van der Waals surface area contributed by atoms with E-state index >= 15 is 0 Å². The van der Waals surface area contributed by atoms with E-state index < -0.39 is 0 Å². The molecule has 156 valence electrons. The third kappa shape index (κ3) is 10.9. The fourth-order valence-electron chi connectivity index (χ4n) is 3.87. The van der Waals surface area contributed by atoms with Crippen molar-refractivity contribution in [1.29, 1.82) is 0 Å². The number of hydrogen-bond donors (Lipinski definition) is 1. The first kappa shape index (κ1) is 23.9. The summed E-state index contributed by atoms with van der Waals surface area (Å²) >= 11 is 0. The van der Waals surface area contributed by atoms with Gasteiger partial charge in [0.2, 0.25) is 0 Å². The summed E-state index contributed by atoms with van der Waals surface area (Å²) in [6.07, 6.45) is 16.3. The Hall–Kier alpha value is -0.120. The zero-order chi connectivity index (χ0) is 19.5. The van der Waals surface area contributed by atoms with E-state index in [9.17, 15) is 0 Å². The van der Waals surface area contributed by atoms with Crippen LogP contribution in [0.1, 0.15) is 112 Å². The van der Waals surface area contributed by atoms with Crippen LogP contribution in [0.15, 0.2) is 0 Å². The Labute approximate surface area is 163 Å². The van der Waals surface area contributed by atoms with E-state index in [0.29, 0.717) is 6.61 Å². The molecular weight excluding hydrogens is 322 g/mol. The van der Waals surface area contributed by atoms with Gasteiger partial charge in [-0.05, 0) is 33.1 Å². The molecule has 3 nitrogen and oxygen atoms in total. The number of ether oxygens (including phenoxy) is 2. The van der Waals surface area contributed by atoms with Crippen LogP contribution < -0.4 is 5.73 Å². The quantitative estimate of drug-likeness (QED) is 0.244. The van der Waals surface area contributed by atoms with E-state index in [0.717, 1.165) is 18.9 Å². The third-order valence-electron chi connectivity index (χ3n) is 5.80. The summed E-state index contributed by atoms with van der Waals surface area (Å²) in [4.78, 5) is 0. The average Bonchev–Trinajstić information content (AvgIpc) is 3.42. The molecule has 1 aliphatic heterocycles. The molecule has 0 aliphatic carbocycles. The van der Waals surface area contributed by atoms with Gasteiger partial charge in [-0.15, -0.1) is 0 Å². The lowest BCUT2D eigenvalue weighted by Gasteiger charge is -2.34. The fraction of sp³-hybridized carbons (Fsp3) is 1.00. The minimum absolute atomic E-state index is 0.103. The monoisotopic (exact) mass is 369 g/mol. The van der Waals surface area contributed by atoms with Crippen molar-refractivity contribution in [2.24, 2.45) is 11.7 Å². The molecule has 1 rings (SSSR count). The first-order valence-electron chi connectivity index (χ1n) is 11.3. The van der Waals surface area contributed by atoms with E-state index in [1.54, 1.807) is 0 Å². The van der Waals surface area contributed by atoms with Gasteiger partial charge in [-0.2, -0.15) is 0 Å². The molecule has 1 aliphatic rings. The molecule has 1 saturated heterocycles. The minimum Gasteiger partial charge on any atom is -0.374 e. The number of rotatable bonds is 17. The Morgan fingerprint density at radius 3 is 1.92 bits per heavy atom. The van der Waals surface area contributed by atoms with Crippen LogP contribution in [0.5, 0.6) is 0 Å². The third-order valence-corrected chi connectivity index (χ3v) is 5.80. The molecule has 0 radical (unpaired) electrons. The Morgan fingerprint density at radius 1 is 0.923 bits per heavy atom. The molecule has 2 N–H and O–H groups in total. The van der Waals surface area contributed by atoms with Crippen LogP contribution in [0.2, 0.25) is 0 Å². The SMILES string of the molecule is CCCCCCCC(CCCCCC)CC(C)(C)OCC(C)(N)C1CO1. The maximum atomic E-state index is 6.35. The topological polar surface area (TPSA) is 47.8 Å². The fourth-order valence-corrected chi connectivity index (χ4v) is 3.87. The number of nitrogens with two attached hydrogens (primary N) is 1. The molecule has 3 heteroatoms. The van der Waals surface area contributed by atoms with Gasteiger partial charge in [-0.3, -0.25) is 0 Å². The van der Waals surface area contributed by atoms with Crippen LogP contribution in [0.25, 0.3) is 0 Å². The highest BCUT2D eigenvalue weighted by atomic mass is 16.6. The van der Waals surface area contributed by atoms with Gasteiger partial charge in [0.05, 0.1) is 24.4 Å². The Balaban J connectivity index is 2.40. The van der Waals surface area contributed by atoms with Crippen molar-refractivity contribution in [2.75, 3.05) is 13.2 Å². The minimum atomic E-state index is -0.353. The molecular formula is C23H47NO2. The van der Waals surface area contributed by atoms with E-state index in [4.69, 9.17) is 15.2 Å². The van der Waals surface area contributed by atoms with Gasteiger partial charge in [-0.25, -0.2) is 0 Å².